The van der Waals surface area contributed by atoms with Crippen LogP contribution in [0.5, 0.6) is 0 Å². The lowest BCUT2D eigenvalue weighted by atomic mass is 9.93. The maximum absolute atomic E-state index is 14.9. The Bertz CT molecular complexity index is 1140. The molecule has 0 atom stereocenters. The van der Waals surface area contributed by atoms with E-state index in [1.165, 1.54) is 45.1 Å². The predicted molar refractivity (Wildman–Crippen MR) is 113 cm³/mol. The number of rotatable bonds is 4. The van der Waals surface area contributed by atoms with E-state index in [9.17, 15) is 9.18 Å². The molecule has 0 bridgehead atoms. The van der Waals surface area contributed by atoms with Crippen LogP contribution in [0.1, 0.15) is 56.2 Å². The number of nitrogens with zero attached hydrogens (tertiary/aromatic N) is 3. The number of hydrogen-bond donors (Lipinski definition) is 0. The second-order valence-electron chi connectivity index (χ2n) is 8.25. The lowest BCUT2D eigenvalue weighted by Gasteiger charge is -2.23. The average molecular weight is 389 g/mol. The molecule has 0 radical (unpaired) electrons. The molecule has 2 aliphatic rings. The lowest BCUT2D eigenvalue weighted by molar-refractivity contribution is -0.116. The summed E-state index contributed by atoms with van der Waals surface area (Å²) in [6, 6.07) is 8.22. The van der Waals surface area contributed by atoms with Gasteiger partial charge in [0, 0.05) is 36.2 Å². The molecule has 1 aliphatic heterocycles. The quantitative estimate of drug-likeness (QED) is 0.571. The molecule has 3 aromatic rings. The summed E-state index contributed by atoms with van der Waals surface area (Å²) in [6.45, 7) is 1.49. The Hall–Kier alpha value is -2.82. The summed E-state index contributed by atoms with van der Waals surface area (Å²) in [6.07, 6.45) is 10.7. The molecule has 1 aromatic heterocycles. The van der Waals surface area contributed by atoms with Gasteiger partial charge in [-0.15, -0.1) is 0 Å². The minimum atomic E-state index is -0.327. The van der Waals surface area contributed by atoms with Crippen molar-refractivity contribution in [3.05, 3.63) is 47.5 Å². The number of halogens is 1. The monoisotopic (exact) mass is 389 g/mol. The zero-order chi connectivity index (χ0) is 20.0. The van der Waals surface area contributed by atoms with Gasteiger partial charge in [-0.3, -0.25) is 9.79 Å². The van der Waals surface area contributed by atoms with Gasteiger partial charge in [-0.2, -0.15) is 0 Å². The fourth-order valence-electron chi connectivity index (χ4n) is 4.84. The summed E-state index contributed by atoms with van der Waals surface area (Å²) in [5.74, 6) is -0.368. The van der Waals surface area contributed by atoms with Crippen molar-refractivity contribution in [3.63, 3.8) is 0 Å². The average Bonchev–Trinajstić information content (AvgIpc) is 3.37. The minimum Gasteiger partial charge on any atom is -0.327 e. The molecule has 0 saturated heterocycles. The van der Waals surface area contributed by atoms with Crippen LogP contribution in [-0.4, -0.2) is 21.5 Å². The first kappa shape index (κ1) is 18.2. The van der Waals surface area contributed by atoms with Crippen molar-refractivity contribution in [1.82, 2.24) is 9.55 Å². The number of hydrogen-bond acceptors (Lipinski definition) is 3. The van der Waals surface area contributed by atoms with Crippen molar-refractivity contribution in [2.45, 2.75) is 57.9 Å². The molecule has 5 rings (SSSR count). The van der Waals surface area contributed by atoms with Crippen molar-refractivity contribution in [3.8, 4) is 11.1 Å². The van der Waals surface area contributed by atoms with E-state index in [1.807, 2.05) is 18.5 Å². The number of aromatic nitrogens is 2. The van der Waals surface area contributed by atoms with Gasteiger partial charge in [0.25, 0.3) is 0 Å². The molecule has 1 saturated carbocycles. The van der Waals surface area contributed by atoms with Crippen molar-refractivity contribution < 1.29 is 9.18 Å². The van der Waals surface area contributed by atoms with E-state index in [0.717, 1.165) is 33.4 Å². The molecule has 4 nitrogen and oxygen atoms in total. The van der Waals surface area contributed by atoms with E-state index in [-0.39, 0.29) is 18.0 Å². The van der Waals surface area contributed by atoms with Gasteiger partial charge in [0.15, 0.2) is 0 Å². The van der Waals surface area contributed by atoms with Gasteiger partial charge < -0.3 is 4.57 Å². The zero-order valence-electron chi connectivity index (χ0n) is 16.6. The highest BCUT2D eigenvalue weighted by Crippen LogP contribution is 2.41. The number of ketones is 1. The predicted octanol–water partition coefficient (Wildman–Crippen LogP) is 5.74. The fraction of sp³-hybridized carbons (Fsp3) is 0.375. The van der Waals surface area contributed by atoms with Gasteiger partial charge >= 0.3 is 0 Å². The highest BCUT2D eigenvalue weighted by molar-refractivity contribution is 5.92. The molecule has 5 heteroatoms. The number of imidazole rings is 1. The molecule has 0 N–H and O–H groups in total. The van der Waals surface area contributed by atoms with Crippen LogP contribution in [0.3, 0.4) is 0 Å². The number of benzene rings is 2. The van der Waals surface area contributed by atoms with Gasteiger partial charge in [-0.05, 0) is 49.1 Å². The second-order valence-corrected chi connectivity index (χ2v) is 8.25. The van der Waals surface area contributed by atoms with Crippen LogP contribution >= 0.6 is 0 Å². The number of fused-ring (bicyclic) bond motifs is 2. The summed E-state index contributed by atoms with van der Waals surface area (Å²) in [7, 11) is 0. The first-order chi connectivity index (χ1) is 14.1. The molecule has 1 fully saturated rings. The van der Waals surface area contributed by atoms with E-state index in [4.69, 9.17) is 0 Å². The van der Waals surface area contributed by atoms with Crippen LogP contribution in [0.25, 0.3) is 22.2 Å². The minimum absolute atomic E-state index is 0.0413. The van der Waals surface area contributed by atoms with Crippen molar-refractivity contribution in [2.75, 3.05) is 0 Å². The van der Waals surface area contributed by atoms with Crippen LogP contribution in [0.4, 0.5) is 10.1 Å². The Balaban J connectivity index is 1.58. The highest BCUT2D eigenvalue weighted by atomic mass is 19.1. The molecule has 1 aliphatic carbocycles. The van der Waals surface area contributed by atoms with Gasteiger partial charge in [-0.1, -0.05) is 25.3 Å². The van der Waals surface area contributed by atoms with Gasteiger partial charge in [-0.25, -0.2) is 9.37 Å². The molecule has 0 spiro atoms. The van der Waals surface area contributed by atoms with Gasteiger partial charge in [0.1, 0.15) is 11.6 Å². The normalized spacial score (nSPS) is 16.5. The Morgan fingerprint density at radius 1 is 1.21 bits per heavy atom. The molecule has 29 heavy (non-hydrogen) atoms. The summed E-state index contributed by atoms with van der Waals surface area (Å²) >= 11 is 0. The summed E-state index contributed by atoms with van der Waals surface area (Å²) in [4.78, 5) is 20.7. The molecular formula is C24H24FN3O. The zero-order valence-corrected chi connectivity index (χ0v) is 16.6. The maximum atomic E-state index is 14.9. The highest BCUT2D eigenvalue weighted by Gasteiger charge is 2.23. The smallest absolute Gasteiger partial charge is 0.134 e. The third-order valence-electron chi connectivity index (χ3n) is 6.26. The maximum Gasteiger partial charge on any atom is 0.134 e. The molecule has 0 amide bonds. The van der Waals surface area contributed by atoms with Gasteiger partial charge in [0.05, 0.1) is 23.0 Å². The first-order valence-electron chi connectivity index (χ1n) is 10.4. The van der Waals surface area contributed by atoms with E-state index >= 15 is 0 Å². The Morgan fingerprint density at radius 3 is 2.83 bits per heavy atom. The van der Waals surface area contributed by atoms with Crippen molar-refractivity contribution in [2.24, 2.45) is 4.99 Å². The molecular weight excluding hydrogens is 365 g/mol. The van der Waals surface area contributed by atoms with Crippen LogP contribution < -0.4 is 0 Å². The number of aliphatic imine (C=N–C) groups is 1. The lowest BCUT2D eigenvalue weighted by Crippen LogP contribution is -2.11. The third-order valence-corrected chi connectivity index (χ3v) is 6.26. The fourth-order valence-corrected chi connectivity index (χ4v) is 4.84. The third kappa shape index (κ3) is 3.18. The van der Waals surface area contributed by atoms with Crippen LogP contribution in [0.2, 0.25) is 0 Å². The number of carbonyl (C=O) groups excluding carboxylic acids is 1. The molecule has 2 heterocycles. The molecule has 2 aromatic carbocycles. The van der Waals surface area contributed by atoms with Crippen LogP contribution in [0, 0.1) is 5.82 Å². The largest absolute Gasteiger partial charge is 0.327 e. The summed E-state index contributed by atoms with van der Waals surface area (Å²) in [5.41, 5.74) is 5.85. The van der Waals surface area contributed by atoms with Gasteiger partial charge in [0.2, 0.25) is 0 Å². The van der Waals surface area contributed by atoms with Crippen molar-refractivity contribution >= 4 is 28.7 Å². The SMILES string of the molecule is CC(=O)Cc1c(F)cc(-c2ccc3c(c2)ncn3C2CCCCC2)c2c1CC=N2. The Morgan fingerprint density at radius 2 is 2.03 bits per heavy atom. The molecule has 0 unspecified atom stereocenters. The Labute approximate surface area is 169 Å². The topological polar surface area (TPSA) is 47.2 Å². The van der Waals surface area contributed by atoms with E-state index in [1.54, 1.807) is 6.21 Å². The number of carbonyl (C=O) groups is 1. The van der Waals surface area contributed by atoms with E-state index < -0.39 is 0 Å². The summed E-state index contributed by atoms with van der Waals surface area (Å²) in [5, 5.41) is 0. The summed E-state index contributed by atoms with van der Waals surface area (Å²) < 4.78 is 17.2. The Kier molecular flexibility index (Phi) is 4.53. The first-order valence-corrected chi connectivity index (χ1v) is 10.4. The van der Waals surface area contributed by atoms with E-state index in [2.05, 4.69) is 20.6 Å². The molecule has 148 valence electrons. The second kappa shape index (κ2) is 7.21. The number of Topliss-reactive ketones (excluding diaryl/α,β-unsaturated/α-hetero) is 1. The van der Waals surface area contributed by atoms with Crippen LogP contribution in [0.15, 0.2) is 35.6 Å². The standard InChI is InChI=1S/C24H24FN3O/c1-15(29)11-20-18-9-10-26-24(18)19(13-21(20)25)16-7-8-23-22(12-16)27-14-28(23)17-5-3-2-4-6-17/h7-8,10,12-14,17H,2-6,9,11H2,1H3. The van der Waals surface area contributed by atoms with Crippen LogP contribution in [-0.2, 0) is 17.6 Å². The van der Waals surface area contributed by atoms with E-state index in [0.29, 0.717) is 18.0 Å². The van der Waals surface area contributed by atoms with Crippen molar-refractivity contribution in [1.29, 1.82) is 0 Å².